The third-order valence-electron chi connectivity index (χ3n) is 4.53. The highest BCUT2D eigenvalue weighted by molar-refractivity contribution is 9.10. The molecule has 3 aromatic rings. The van der Waals surface area contributed by atoms with Gasteiger partial charge in [-0.1, -0.05) is 38.9 Å². The summed E-state index contributed by atoms with van der Waals surface area (Å²) in [5, 5.41) is 13.6. The van der Waals surface area contributed by atoms with E-state index in [-0.39, 0.29) is 12.4 Å². The van der Waals surface area contributed by atoms with Gasteiger partial charge in [0.05, 0.1) is 22.7 Å². The van der Waals surface area contributed by atoms with Gasteiger partial charge in [0.2, 0.25) is 11.8 Å². The lowest BCUT2D eigenvalue weighted by molar-refractivity contribution is -0.116. The van der Waals surface area contributed by atoms with E-state index in [0.717, 1.165) is 37.2 Å². The molecule has 0 radical (unpaired) electrons. The van der Waals surface area contributed by atoms with Gasteiger partial charge in [-0.15, -0.1) is 0 Å². The molecule has 2 N–H and O–H groups in total. The van der Waals surface area contributed by atoms with Gasteiger partial charge >= 0.3 is 4.87 Å². The summed E-state index contributed by atoms with van der Waals surface area (Å²) >= 11 is 10.3. The summed E-state index contributed by atoms with van der Waals surface area (Å²) in [6, 6.07) is 10.5. The van der Waals surface area contributed by atoms with Crippen LogP contribution in [0.3, 0.4) is 0 Å². The van der Waals surface area contributed by atoms with Crippen LogP contribution in [0.25, 0.3) is 11.6 Å². The molecular formula is C21H15BrClN3O4S. The molecule has 7 nitrogen and oxygen atoms in total. The van der Waals surface area contributed by atoms with Crippen LogP contribution in [-0.4, -0.2) is 28.9 Å². The lowest BCUT2D eigenvalue weighted by Crippen LogP contribution is -2.24. The number of aromatic hydroxyl groups is 1. The molecule has 31 heavy (non-hydrogen) atoms. The SMILES string of the molecule is COc1ccc(NC(=O)Cn2c(O)c(C=C3C=Nc4ccc(Br)cc43)sc2=O)cc1Cl. The predicted molar refractivity (Wildman–Crippen MR) is 127 cm³/mol. The van der Waals surface area contributed by atoms with Gasteiger partial charge in [0.15, 0.2) is 0 Å². The van der Waals surface area contributed by atoms with E-state index < -0.39 is 10.8 Å². The standard InChI is InChI=1S/C21H15BrClN3O4S/c1-30-17-5-3-13(8-15(17)23)25-19(27)10-26-20(28)18(31-21(26)29)6-11-9-24-16-4-2-12(22)7-14(11)16/h2-9,28H,10H2,1H3,(H,25,27). The number of benzene rings is 2. The van der Waals surface area contributed by atoms with Gasteiger partial charge < -0.3 is 15.2 Å². The lowest BCUT2D eigenvalue weighted by atomic mass is 10.1. The van der Waals surface area contributed by atoms with Crippen LogP contribution >= 0.6 is 38.9 Å². The highest BCUT2D eigenvalue weighted by Gasteiger charge is 2.18. The number of amides is 1. The molecule has 0 spiro atoms. The number of hydrogen-bond acceptors (Lipinski definition) is 6. The Labute approximate surface area is 194 Å². The van der Waals surface area contributed by atoms with Crippen LogP contribution < -0.4 is 14.9 Å². The second-order valence-corrected chi connectivity index (χ2v) is 8.87. The van der Waals surface area contributed by atoms with Crippen LogP contribution in [0.4, 0.5) is 11.4 Å². The average Bonchev–Trinajstić information content (AvgIpc) is 3.24. The van der Waals surface area contributed by atoms with Crippen molar-refractivity contribution in [2.45, 2.75) is 6.54 Å². The minimum absolute atomic E-state index is 0.276. The van der Waals surface area contributed by atoms with Crippen molar-refractivity contribution in [1.29, 1.82) is 0 Å². The minimum Gasteiger partial charge on any atom is -0.495 e. The number of hydrogen-bond donors (Lipinski definition) is 2. The van der Waals surface area contributed by atoms with E-state index in [0.29, 0.717) is 21.3 Å². The average molecular weight is 521 g/mol. The lowest BCUT2D eigenvalue weighted by Gasteiger charge is -2.08. The number of halogens is 2. The largest absolute Gasteiger partial charge is 0.495 e. The third-order valence-corrected chi connectivity index (χ3v) is 6.23. The fourth-order valence-corrected chi connectivity index (χ4v) is 4.51. The zero-order valence-electron chi connectivity index (χ0n) is 16.1. The molecule has 4 rings (SSSR count). The van der Waals surface area contributed by atoms with Crippen molar-refractivity contribution in [3.8, 4) is 11.6 Å². The van der Waals surface area contributed by atoms with Crippen molar-refractivity contribution >= 4 is 74.0 Å². The minimum atomic E-state index is -0.479. The van der Waals surface area contributed by atoms with E-state index in [9.17, 15) is 14.7 Å². The van der Waals surface area contributed by atoms with Gasteiger partial charge in [-0.2, -0.15) is 0 Å². The van der Waals surface area contributed by atoms with Crippen molar-refractivity contribution in [3.05, 3.63) is 66.0 Å². The van der Waals surface area contributed by atoms with Gasteiger partial charge in [0, 0.05) is 27.5 Å². The molecule has 0 saturated carbocycles. The monoisotopic (exact) mass is 519 g/mol. The second kappa shape index (κ2) is 8.70. The molecule has 0 unspecified atom stereocenters. The Balaban J connectivity index is 1.55. The van der Waals surface area contributed by atoms with E-state index in [1.165, 1.54) is 7.11 Å². The first-order valence-electron chi connectivity index (χ1n) is 8.97. The Morgan fingerprint density at radius 1 is 1.35 bits per heavy atom. The van der Waals surface area contributed by atoms with Crippen molar-refractivity contribution in [2.75, 3.05) is 12.4 Å². The maximum Gasteiger partial charge on any atom is 0.311 e. The summed E-state index contributed by atoms with van der Waals surface area (Å²) in [5.74, 6) is -0.275. The van der Waals surface area contributed by atoms with Gasteiger partial charge in [-0.25, -0.2) is 0 Å². The number of ether oxygens (including phenoxy) is 1. The summed E-state index contributed by atoms with van der Waals surface area (Å²) < 4.78 is 6.99. The Kier molecular flexibility index (Phi) is 5.99. The number of aliphatic imine (C=N–C) groups is 1. The molecule has 0 bridgehead atoms. The fraction of sp³-hybridized carbons (Fsp3) is 0.0952. The zero-order valence-corrected chi connectivity index (χ0v) is 19.2. The molecule has 0 atom stereocenters. The van der Waals surface area contributed by atoms with E-state index >= 15 is 0 Å². The van der Waals surface area contributed by atoms with Crippen LogP contribution in [0.5, 0.6) is 11.6 Å². The Bertz CT molecular complexity index is 1310. The second-order valence-electron chi connectivity index (χ2n) is 6.56. The number of aromatic nitrogens is 1. The van der Waals surface area contributed by atoms with Gasteiger partial charge in [0.1, 0.15) is 12.3 Å². The Morgan fingerprint density at radius 2 is 2.16 bits per heavy atom. The first kappa shape index (κ1) is 21.4. The number of thiazole rings is 1. The molecule has 2 aromatic carbocycles. The van der Waals surface area contributed by atoms with Crippen molar-refractivity contribution in [2.24, 2.45) is 4.99 Å². The number of anilines is 1. The number of carbonyl (C=O) groups is 1. The quantitative estimate of drug-likeness (QED) is 0.499. The Morgan fingerprint density at radius 3 is 2.90 bits per heavy atom. The maximum absolute atomic E-state index is 12.4. The number of nitrogens with one attached hydrogen (secondary N) is 1. The smallest absolute Gasteiger partial charge is 0.311 e. The topological polar surface area (TPSA) is 92.9 Å². The summed E-state index contributed by atoms with van der Waals surface area (Å²) in [5.41, 5.74) is 2.90. The third kappa shape index (κ3) is 4.43. The van der Waals surface area contributed by atoms with Crippen molar-refractivity contribution < 1.29 is 14.6 Å². The summed E-state index contributed by atoms with van der Waals surface area (Å²) in [6.07, 6.45) is 3.35. The number of fused-ring (bicyclic) bond motifs is 1. The molecule has 0 fully saturated rings. The number of rotatable bonds is 5. The highest BCUT2D eigenvalue weighted by atomic mass is 79.9. The number of methoxy groups -OCH3 is 1. The van der Waals surface area contributed by atoms with Crippen LogP contribution in [0.1, 0.15) is 10.4 Å². The van der Waals surface area contributed by atoms with Crippen LogP contribution in [0.2, 0.25) is 5.02 Å². The molecule has 1 amide bonds. The molecule has 0 aliphatic carbocycles. The predicted octanol–water partition coefficient (Wildman–Crippen LogP) is 4.94. The summed E-state index contributed by atoms with van der Waals surface area (Å²) in [4.78, 5) is 29.0. The van der Waals surface area contributed by atoms with E-state index in [2.05, 4.69) is 26.2 Å². The van der Waals surface area contributed by atoms with Gasteiger partial charge in [0.25, 0.3) is 0 Å². The molecular weight excluding hydrogens is 506 g/mol. The first-order valence-corrected chi connectivity index (χ1v) is 11.0. The molecule has 10 heteroatoms. The molecule has 0 saturated heterocycles. The first-order chi connectivity index (χ1) is 14.9. The number of nitrogens with zero attached hydrogens (tertiary/aromatic N) is 2. The van der Waals surface area contributed by atoms with Crippen LogP contribution in [-0.2, 0) is 11.3 Å². The van der Waals surface area contributed by atoms with E-state index in [4.69, 9.17) is 16.3 Å². The van der Waals surface area contributed by atoms with Crippen LogP contribution in [0, 0.1) is 0 Å². The number of carbonyl (C=O) groups excluding carboxylic acids is 1. The van der Waals surface area contributed by atoms with E-state index in [1.807, 2.05) is 18.2 Å². The molecule has 1 aromatic heterocycles. The molecule has 1 aliphatic rings. The number of allylic oxidation sites excluding steroid dienone is 1. The Hall–Kier alpha value is -2.88. The van der Waals surface area contributed by atoms with Gasteiger partial charge in [-0.05, 0) is 42.5 Å². The summed E-state index contributed by atoms with van der Waals surface area (Å²) in [7, 11) is 1.49. The summed E-state index contributed by atoms with van der Waals surface area (Å²) in [6.45, 7) is -0.343. The molecule has 2 heterocycles. The van der Waals surface area contributed by atoms with Crippen molar-refractivity contribution in [1.82, 2.24) is 4.57 Å². The molecule has 1 aliphatic heterocycles. The normalized spacial score (nSPS) is 13.5. The van der Waals surface area contributed by atoms with Crippen molar-refractivity contribution in [3.63, 3.8) is 0 Å². The zero-order chi connectivity index (χ0) is 22.1. The van der Waals surface area contributed by atoms with Gasteiger partial charge in [-0.3, -0.25) is 19.1 Å². The maximum atomic E-state index is 12.4. The molecule has 158 valence electrons. The fourth-order valence-electron chi connectivity index (χ4n) is 3.05. The van der Waals surface area contributed by atoms with Crippen LogP contribution in [0.15, 0.2) is 50.7 Å². The highest BCUT2D eigenvalue weighted by Crippen LogP contribution is 2.36. The van der Waals surface area contributed by atoms with E-state index in [1.54, 1.807) is 30.5 Å².